The SMILES string of the molecule is CC(C(=O)NC(C)(C)C)N(Cc1ccc(Cl)c(Cl)c1)C(=O)CCSc1ccccc1. The zero-order chi connectivity index (χ0) is 22.3. The van der Waals surface area contributed by atoms with E-state index < -0.39 is 6.04 Å². The first kappa shape index (κ1) is 24.6. The summed E-state index contributed by atoms with van der Waals surface area (Å²) in [4.78, 5) is 28.5. The molecule has 0 saturated carbocycles. The van der Waals surface area contributed by atoms with Gasteiger partial charge in [0.1, 0.15) is 6.04 Å². The lowest BCUT2D eigenvalue weighted by Crippen LogP contribution is -2.52. The molecule has 4 nitrogen and oxygen atoms in total. The molecule has 30 heavy (non-hydrogen) atoms. The quantitative estimate of drug-likeness (QED) is 0.499. The van der Waals surface area contributed by atoms with Crippen molar-refractivity contribution in [1.82, 2.24) is 10.2 Å². The molecule has 0 aliphatic carbocycles. The van der Waals surface area contributed by atoms with Crippen molar-refractivity contribution in [2.75, 3.05) is 5.75 Å². The van der Waals surface area contributed by atoms with Crippen LogP contribution in [0.4, 0.5) is 0 Å². The molecule has 7 heteroatoms. The van der Waals surface area contributed by atoms with E-state index in [1.54, 1.807) is 35.7 Å². The molecule has 2 rings (SSSR count). The fourth-order valence-electron chi connectivity index (χ4n) is 2.81. The van der Waals surface area contributed by atoms with Gasteiger partial charge >= 0.3 is 0 Å². The minimum Gasteiger partial charge on any atom is -0.350 e. The Balaban J connectivity index is 2.12. The van der Waals surface area contributed by atoms with Crippen LogP contribution in [0.15, 0.2) is 53.4 Å². The highest BCUT2D eigenvalue weighted by atomic mass is 35.5. The van der Waals surface area contributed by atoms with Gasteiger partial charge in [0.05, 0.1) is 10.0 Å². The van der Waals surface area contributed by atoms with Crippen LogP contribution in [0.5, 0.6) is 0 Å². The lowest BCUT2D eigenvalue weighted by atomic mass is 10.1. The Morgan fingerprint density at radius 2 is 1.73 bits per heavy atom. The summed E-state index contributed by atoms with van der Waals surface area (Å²) in [6, 6.07) is 14.6. The van der Waals surface area contributed by atoms with Crippen molar-refractivity contribution in [2.45, 2.75) is 57.1 Å². The number of amides is 2. The van der Waals surface area contributed by atoms with Gasteiger partial charge in [0.2, 0.25) is 11.8 Å². The Bertz CT molecular complexity index is 869. The van der Waals surface area contributed by atoms with Crippen LogP contribution in [0.2, 0.25) is 10.0 Å². The Kier molecular flexibility index (Phi) is 9.08. The second kappa shape index (κ2) is 11.1. The highest BCUT2D eigenvalue weighted by molar-refractivity contribution is 7.99. The van der Waals surface area contributed by atoms with E-state index in [-0.39, 0.29) is 23.9 Å². The normalized spacial score (nSPS) is 12.3. The Hall–Kier alpha value is -1.69. The maximum Gasteiger partial charge on any atom is 0.242 e. The number of thioether (sulfide) groups is 1. The van der Waals surface area contributed by atoms with Crippen LogP contribution < -0.4 is 5.32 Å². The summed E-state index contributed by atoms with van der Waals surface area (Å²) in [6.45, 7) is 7.78. The molecule has 0 bridgehead atoms. The smallest absolute Gasteiger partial charge is 0.242 e. The topological polar surface area (TPSA) is 49.4 Å². The molecule has 0 aromatic heterocycles. The minimum atomic E-state index is -0.618. The van der Waals surface area contributed by atoms with Crippen molar-refractivity contribution in [3.05, 3.63) is 64.1 Å². The zero-order valence-corrected chi connectivity index (χ0v) is 20.1. The molecule has 0 radical (unpaired) electrons. The van der Waals surface area contributed by atoms with Gasteiger partial charge in [0, 0.05) is 29.2 Å². The Morgan fingerprint density at radius 1 is 1.07 bits per heavy atom. The summed E-state index contributed by atoms with van der Waals surface area (Å²) in [6.07, 6.45) is 0.327. The fraction of sp³-hybridized carbons (Fsp3) is 0.391. The minimum absolute atomic E-state index is 0.0823. The number of hydrogen-bond acceptors (Lipinski definition) is 3. The summed E-state index contributed by atoms with van der Waals surface area (Å²) >= 11 is 13.8. The zero-order valence-electron chi connectivity index (χ0n) is 17.7. The molecule has 0 spiro atoms. The van der Waals surface area contributed by atoms with Crippen molar-refractivity contribution in [3.8, 4) is 0 Å². The first-order valence-electron chi connectivity index (χ1n) is 9.80. The number of benzene rings is 2. The van der Waals surface area contributed by atoms with E-state index in [4.69, 9.17) is 23.2 Å². The van der Waals surface area contributed by atoms with Gasteiger partial charge in [-0.3, -0.25) is 9.59 Å². The first-order chi connectivity index (χ1) is 14.1. The third kappa shape index (κ3) is 7.86. The van der Waals surface area contributed by atoms with E-state index in [1.807, 2.05) is 57.2 Å². The molecule has 2 amide bonds. The summed E-state index contributed by atoms with van der Waals surface area (Å²) < 4.78 is 0. The molecule has 0 fully saturated rings. The largest absolute Gasteiger partial charge is 0.350 e. The summed E-state index contributed by atoms with van der Waals surface area (Å²) in [5, 5.41) is 3.84. The third-order valence-corrected chi connectivity index (χ3v) is 6.08. The summed E-state index contributed by atoms with van der Waals surface area (Å²) in [5.74, 6) is 0.363. The maximum absolute atomic E-state index is 13.1. The van der Waals surface area contributed by atoms with E-state index in [1.165, 1.54) is 0 Å². The molecule has 1 atom stereocenters. The Morgan fingerprint density at radius 3 is 2.33 bits per heavy atom. The molecule has 0 saturated heterocycles. The molecular weight excluding hydrogens is 439 g/mol. The Labute approximate surface area is 193 Å². The van der Waals surface area contributed by atoms with Gasteiger partial charge in [-0.15, -0.1) is 11.8 Å². The highest BCUT2D eigenvalue weighted by Crippen LogP contribution is 2.24. The predicted octanol–water partition coefficient (Wildman–Crippen LogP) is 5.81. The van der Waals surface area contributed by atoms with Crippen molar-refractivity contribution in [1.29, 1.82) is 0 Å². The third-order valence-electron chi connectivity index (χ3n) is 4.33. The number of hydrogen-bond donors (Lipinski definition) is 1. The van der Waals surface area contributed by atoms with Gasteiger partial charge < -0.3 is 10.2 Å². The molecular formula is C23H28Cl2N2O2S. The number of nitrogens with one attached hydrogen (secondary N) is 1. The first-order valence-corrected chi connectivity index (χ1v) is 11.5. The van der Waals surface area contributed by atoms with E-state index in [0.29, 0.717) is 22.2 Å². The van der Waals surface area contributed by atoms with Crippen LogP contribution in [-0.2, 0) is 16.1 Å². The lowest BCUT2D eigenvalue weighted by Gasteiger charge is -2.31. The highest BCUT2D eigenvalue weighted by Gasteiger charge is 2.28. The van der Waals surface area contributed by atoms with Crippen LogP contribution in [0.1, 0.15) is 39.7 Å². The molecule has 0 aliphatic heterocycles. The summed E-state index contributed by atoms with van der Waals surface area (Å²) in [7, 11) is 0. The number of carbonyl (C=O) groups is 2. The van der Waals surface area contributed by atoms with Crippen molar-refractivity contribution in [2.24, 2.45) is 0 Å². The predicted molar refractivity (Wildman–Crippen MR) is 126 cm³/mol. The second-order valence-corrected chi connectivity index (χ2v) is 10.1. The van der Waals surface area contributed by atoms with Crippen molar-refractivity contribution >= 4 is 46.8 Å². The molecule has 1 N–H and O–H groups in total. The van der Waals surface area contributed by atoms with E-state index in [0.717, 1.165) is 10.5 Å². The fourth-order valence-corrected chi connectivity index (χ4v) is 3.99. The average Bonchev–Trinajstić information content (AvgIpc) is 2.67. The van der Waals surface area contributed by atoms with E-state index in [2.05, 4.69) is 5.32 Å². The lowest BCUT2D eigenvalue weighted by molar-refractivity contribution is -0.140. The number of carbonyl (C=O) groups excluding carboxylic acids is 2. The number of nitrogens with zero attached hydrogens (tertiary/aromatic N) is 1. The van der Waals surface area contributed by atoms with Gasteiger partial charge in [-0.25, -0.2) is 0 Å². The second-order valence-electron chi connectivity index (χ2n) is 8.10. The monoisotopic (exact) mass is 466 g/mol. The van der Waals surface area contributed by atoms with Crippen LogP contribution in [0, 0.1) is 0 Å². The molecule has 2 aromatic carbocycles. The number of halogens is 2. The van der Waals surface area contributed by atoms with E-state index >= 15 is 0 Å². The van der Waals surface area contributed by atoms with Crippen LogP contribution in [-0.4, -0.2) is 34.0 Å². The van der Waals surface area contributed by atoms with Gasteiger partial charge in [-0.05, 0) is 57.5 Å². The van der Waals surface area contributed by atoms with Crippen LogP contribution in [0.25, 0.3) is 0 Å². The molecule has 162 valence electrons. The molecule has 0 heterocycles. The van der Waals surface area contributed by atoms with Crippen molar-refractivity contribution < 1.29 is 9.59 Å². The van der Waals surface area contributed by atoms with Crippen LogP contribution >= 0.6 is 35.0 Å². The molecule has 1 unspecified atom stereocenters. The van der Waals surface area contributed by atoms with E-state index in [9.17, 15) is 9.59 Å². The molecule has 2 aromatic rings. The average molecular weight is 467 g/mol. The van der Waals surface area contributed by atoms with Gasteiger partial charge in [0.15, 0.2) is 0 Å². The summed E-state index contributed by atoms with van der Waals surface area (Å²) in [5.41, 5.74) is 0.441. The standard InChI is InChI=1S/C23H28Cl2N2O2S/c1-16(22(29)26-23(2,3)4)27(15-17-10-11-19(24)20(25)14-17)21(28)12-13-30-18-8-6-5-7-9-18/h5-11,14,16H,12-13,15H2,1-4H3,(H,26,29). The van der Waals surface area contributed by atoms with Gasteiger partial charge in [-0.1, -0.05) is 47.5 Å². The van der Waals surface area contributed by atoms with Crippen molar-refractivity contribution in [3.63, 3.8) is 0 Å². The maximum atomic E-state index is 13.1. The van der Waals surface area contributed by atoms with Gasteiger partial charge in [0.25, 0.3) is 0 Å². The van der Waals surface area contributed by atoms with Gasteiger partial charge in [-0.2, -0.15) is 0 Å². The molecule has 0 aliphatic rings. The number of rotatable bonds is 8. The van der Waals surface area contributed by atoms with Crippen LogP contribution in [0.3, 0.4) is 0 Å².